The van der Waals surface area contributed by atoms with Crippen LogP contribution >= 0.6 is 11.6 Å². The third kappa shape index (κ3) is 3.13. The summed E-state index contributed by atoms with van der Waals surface area (Å²) in [6, 6.07) is 3.38. The van der Waals surface area contributed by atoms with Crippen molar-refractivity contribution in [3.8, 4) is 0 Å². The number of carbonyl (C=O) groups is 1. The molecule has 1 N–H and O–H groups in total. The van der Waals surface area contributed by atoms with E-state index in [9.17, 15) is 4.79 Å². The molecule has 0 atom stereocenters. The standard InChI is InChI=1S/C13H18ClN3O/c1-15-12-9-10(8-11(14)16-12)13(18)17-6-4-2-3-5-7-17/h8-9H,2-7H2,1H3,(H,15,16). The molecule has 1 fully saturated rings. The van der Waals surface area contributed by atoms with E-state index in [2.05, 4.69) is 10.3 Å². The molecule has 1 aliphatic heterocycles. The van der Waals surface area contributed by atoms with Gasteiger partial charge < -0.3 is 10.2 Å². The molecule has 5 heteroatoms. The van der Waals surface area contributed by atoms with Crippen molar-refractivity contribution in [2.45, 2.75) is 25.7 Å². The van der Waals surface area contributed by atoms with Crippen LogP contribution in [-0.2, 0) is 0 Å². The number of halogens is 1. The molecule has 0 aromatic carbocycles. The maximum atomic E-state index is 12.4. The normalized spacial score (nSPS) is 16.2. The highest BCUT2D eigenvalue weighted by Crippen LogP contribution is 2.18. The fraction of sp³-hybridized carbons (Fsp3) is 0.538. The predicted octanol–water partition coefficient (Wildman–Crippen LogP) is 2.79. The van der Waals surface area contributed by atoms with E-state index >= 15 is 0 Å². The Morgan fingerprint density at radius 2 is 1.94 bits per heavy atom. The lowest BCUT2D eigenvalue weighted by Gasteiger charge is -2.20. The second-order valence-electron chi connectivity index (χ2n) is 4.52. The Bertz CT molecular complexity index is 428. The molecule has 1 aromatic rings. The number of pyridine rings is 1. The number of nitrogens with zero attached hydrogens (tertiary/aromatic N) is 2. The average Bonchev–Trinajstić information content (AvgIpc) is 2.65. The first-order valence-corrected chi connectivity index (χ1v) is 6.73. The van der Waals surface area contributed by atoms with Gasteiger partial charge in [0.2, 0.25) is 0 Å². The van der Waals surface area contributed by atoms with Gasteiger partial charge in [-0.05, 0) is 25.0 Å². The molecule has 18 heavy (non-hydrogen) atoms. The number of carbonyl (C=O) groups excluding carboxylic acids is 1. The van der Waals surface area contributed by atoms with Crippen LogP contribution in [0.5, 0.6) is 0 Å². The minimum Gasteiger partial charge on any atom is -0.373 e. The van der Waals surface area contributed by atoms with Crippen LogP contribution in [0.3, 0.4) is 0 Å². The first-order chi connectivity index (χ1) is 8.70. The SMILES string of the molecule is CNc1cc(C(=O)N2CCCCCC2)cc(Cl)n1. The number of hydrogen-bond acceptors (Lipinski definition) is 3. The van der Waals surface area contributed by atoms with Gasteiger partial charge in [-0.2, -0.15) is 0 Å². The molecule has 1 amide bonds. The molecular weight excluding hydrogens is 250 g/mol. The second-order valence-corrected chi connectivity index (χ2v) is 4.91. The maximum Gasteiger partial charge on any atom is 0.254 e. The second kappa shape index (κ2) is 6.05. The number of amides is 1. The van der Waals surface area contributed by atoms with Crippen LogP contribution in [0.15, 0.2) is 12.1 Å². The van der Waals surface area contributed by atoms with Gasteiger partial charge in [-0.1, -0.05) is 24.4 Å². The number of likely N-dealkylation sites (tertiary alicyclic amines) is 1. The third-order valence-electron chi connectivity index (χ3n) is 3.19. The first-order valence-electron chi connectivity index (χ1n) is 6.35. The lowest BCUT2D eigenvalue weighted by molar-refractivity contribution is 0.0761. The van der Waals surface area contributed by atoms with Crippen molar-refractivity contribution in [1.82, 2.24) is 9.88 Å². The summed E-state index contributed by atoms with van der Waals surface area (Å²) in [4.78, 5) is 18.4. The van der Waals surface area contributed by atoms with Gasteiger partial charge in [0.15, 0.2) is 0 Å². The highest BCUT2D eigenvalue weighted by Gasteiger charge is 2.18. The zero-order valence-electron chi connectivity index (χ0n) is 10.6. The summed E-state index contributed by atoms with van der Waals surface area (Å²) in [6.45, 7) is 1.68. The van der Waals surface area contributed by atoms with Crippen LogP contribution in [0.2, 0.25) is 5.15 Å². The summed E-state index contributed by atoms with van der Waals surface area (Å²) < 4.78 is 0. The highest BCUT2D eigenvalue weighted by atomic mass is 35.5. The van der Waals surface area contributed by atoms with Gasteiger partial charge in [-0.15, -0.1) is 0 Å². The highest BCUT2D eigenvalue weighted by molar-refractivity contribution is 6.29. The average molecular weight is 268 g/mol. The van der Waals surface area contributed by atoms with Crippen LogP contribution in [0.4, 0.5) is 5.82 Å². The molecule has 0 saturated carbocycles. The lowest BCUT2D eigenvalue weighted by Crippen LogP contribution is -2.31. The molecule has 4 nitrogen and oxygen atoms in total. The monoisotopic (exact) mass is 267 g/mol. The molecule has 0 bridgehead atoms. The van der Waals surface area contributed by atoms with Crippen LogP contribution in [0.1, 0.15) is 36.0 Å². The minimum absolute atomic E-state index is 0.0534. The summed E-state index contributed by atoms with van der Waals surface area (Å²) >= 11 is 5.92. The largest absolute Gasteiger partial charge is 0.373 e. The van der Waals surface area contributed by atoms with Crippen LogP contribution < -0.4 is 5.32 Å². The van der Waals surface area contributed by atoms with Crippen molar-refractivity contribution in [1.29, 1.82) is 0 Å². The van der Waals surface area contributed by atoms with Gasteiger partial charge in [0, 0.05) is 25.7 Å². The summed E-state index contributed by atoms with van der Waals surface area (Å²) in [6.07, 6.45) is 4.60. The number of rotatable bonds is 2. The molecule has 98 valence electrons. The Morgan fingerprint density at radius 3 is 2.56 bits per heavy atom. The molecule has 1 aliphatic rings. The number of hydrogen-bond donors (Lipinski definition) is 1. The molecule has 0 aliphatic carbocycles. The van der Waals surface area contributed by atoms with E-state index in [1.165, 1.54) is 12.8 Å². The quantitative estimate of drug-likeness (QED) is 0.838. The Kier molecular flexibility index (Phi) is 4.42. The van der Waals surface area contributed by atoms with E-state index in [4.69, 9.17) is 11.6 Å². The predicted molar refractivity (Wildman–Crippen MR) is 73.2 cm³/mol. The minimum atomic E-state index is 0.0534. The van der Waals surface area contributed by atoms with Crippen molar-refractivity contribution in [2.75, 3.05) is 25.5 Å². The van der Waals surface area contributed by atoms with Crippen molar-refractivity contribution < 1.29 is 4.79 Å². The smallest absolute Gasteiger partial charge is 0.254 e. The topological polar surface area (TPSA) is 45.2 Å². The van der Waals surface area contributed by atoms with Gasteiger partial charge in [-0.25, -0.2) is 4.98 Å². The molecule has 0 spiro atoms. The van der Waals surface area contributed by atoms with Crippen LogP contribution in [0.25, 0.3) is 0 Å². The Morgan fingerprint density at radius 1 is 1.28 bits per heavy atom. The number of nitrogens with one attached hydrogen (secondary N) is 1. The molecule has 0 radical (unpaired) electrons. The fourth-order valence-corrected chi connectivity index (χ4v) is 2.41. The van der Waals surface area contributed by atoms with Crippen molar-refractivity contribution >= 4 is 23.3 Å². The van der Waals surface area contributed by atoms with E-state index in [-0.39, 0.29) is 5.91 Å². The Labute approximate surface area is 112 Å². The van der Waals surface area contributed by atoms with Crippen molar-refractivity contribution in [2.24, 2.45) is 0 Å². The van der Waals surface area contributed by atoms with Crippen LogP contribution in [-0.4, -0.2) is 35.9 Å². The zero-order valence-corrected chi connectivity index (χ0v) is 11.3. The molecule has 2 rings (SSSR count). The number of aromatic nitrogens is 1. The number of anilines is 1. The summed E-state index contributed by atoms with van der Waals surface area (Å²) in [5.41, 5.74) is 0.612. The third-order valence-corrected chi connectivity index (χ3v) is 3.38. The van der Waals surface area contributed by atoms with Gasteiger partial charge >= 0.3 is 0 Å². The van der Waals surface area contributed by atoms with Gasteiger partial charge in [0.05, 0.1) is 0 Å². The molecule has 0 unspecified atom stereocenters. The fourth-order valence-electron chi connectivity index (χ4n) is 2.20. The van der Waals surface area contributed by atoms with E-state index in [0.717, 1.165) is 25.9 Å². The lowest BCUT2D eigenvalue weighted by atomic mass is 10.2. The van der Waals surface area contributed by atoms with Crippen molar-refractivity contribution in [3.63, 3.8) is 0 Å². The van der Waals surface area contributed by atoms with E-state index in [1.807, 2.05) is 4.90 Å². The Balaban J connectivity index is 2.18. The summed E-state index contributed by atoms with van der Waals surface area (Å²) in [5, 5.41) is 3.26. The van der Waals surface area contributed by atoms with Gasteiger partial charge in [-0.3, -0.25) is 4.79 Å². The van der Waals surface area contributed by atoms with Gasteiger partial charge in [0.1, 0.15) is 11.0 Å². The van der Waals surface area contributed by atoms with E-state index in [1.54, 1.807) is 19.2 Å². The van der Waals surface area contributed by atoms with E-state index < -0.39 is 0 Å². The van der Waals surface area contributed by atoms with E-state index in [0.29, 0.717) is 16.5 Å². The maximum absolute atomic E-state index is 12.4. The zero-order chi connectivity index (χ0) is 13.0. The van der Waals surface area contributed by atoms with Crippen molar-refractivity contribution in [3.05, 3.63) is 22.8 Å². The Hall–Kier alpha value is -1.29. The molecule has 2 heterocycles. The summed E-state index contributed by atoms with van der Waals surface area (Å²) in [5.74, 6) is 0.679. The molecule has 1 saturated heterocycles. The van der Waals surface area contributed by atoms with Gasteiger partial charge in [0.25, 0.3) is 5.91 Å². The molecule has 1 aromatic heterocycles. The van der Waals surface area contributed by atoms with Crippen LogP contribution in [0, 0.1) is 0 Å². The summed E-state index contributed by atoms with van der Waals surface area (Å²) in [7, 11) is 1.76. The molecular formula is C13H18ClN3O. The first kappa shape index (κ1) is 13.1.